The van der Waals surface area contributed by atoms with Crippen molar-refractivity contribution in [3.8, 4) is 0 Å². The second-order valence-corrected chi connectivity index (χ2v) is 6.66. The predicted octanol–water partition coefficient (Wildman–Crippen LogP) is 1.25. The van der Waals surface area contributed by atoms with Gasteiger partial charge in [0.1, 0.15) is 6.54 Å². The van der Waals surface area contributed by atoms with Crippen LogP contribution in [0.3, 0.4) is 0 Å². The van der Waals surface area contributed by atoms with Gasteiger partial charge in [0.25, 0.3) is 0 Å². The summed E-state index contributed by atoms with van der Waals surface area (Å²) in [6, 6.07) is 5.29. The number of nitrogens with zero attached hydrogens (tertiary/aromatic N) is 3. The van der Waals surface area contributed by atoms with Crippen molar-refractivity contribution in [1.82, 2.24) is 13.7 Å². The topological polar surface area (TPSA) is 95.1 Å². The number of allylic oxidation sites excluding steroid dienone is 2. The van der Waals surface area contributed by atoms with Crippen LogP contribution in [0, 0.1) is 6.92 Å². The van der Waals surface area contributed by atoms with Crippen LogP contribution >= 0.6 is 15.9 Å². The Bertz CT molecular complexity index is 1030. The number of carbonyl (C=O) groups excluding carboxylic acids is 1. The van der Waals surface area contributed by atoms with E-state index < -0.39 is 29.5 Å². The lowest BCUT2D eigenvalue weighted by atomic mass is 10.2. The zero-order chi connectivity index (χ0) is 20.1. The summed E-state index contributed by atoms with van der Waals surface area (Å²) >= 11 is 3.34. The molecule has 1 amide bonds. The van der Waals surface area contributed by atoms with E-state index >= 15 is 0 Å². The molecule has 1 heterocycles. The molecule has 0 atom stereocenters. The Balaban J connectivity index is 2.45. The molecule has 0 aliphatic carbocycles. The molecule has 9 heteroatoms. The molecule has 1 aromatic heterocycles. The standard InChI is InChI=1S/C18H19BrN4O4/c1-4-8-21-16(25)22(9-5-2)18(27)23(17(21)26)11-15(24)20-14-7-6-13(19)10-12(14)3/h4-7,10H,1-2,8-9,11H2,3H3,(H,20,24). The smallest absolute Gasteiger partial charge is 0.324 e. The van der Waals surface area contributed by atoms with E-state index in [1.165, 1.54) is 12.2 Å². The molecule has 0 saturated carbocycles. The summed E-state index contributed by atoms with van der Waals surface area (Å²) < 4.78 is 3.27. The molecule has 0 unspecified atom stereocenters. The van der Waals surface area contributed by atoms with Gasteiger partial charge in [-0.25, -0.2) is 28.1 Å². The van der Waals surface area contributed by atoms with Gasteiger partial charge in [-0.1, -0.05) is 28.1 Å². The predicted molar refractivity (Wildman–Crippen MR) is 107 cm³/mol. The molecule has 1 aromatic carbocycles. The van der Waals surface area contributed by atoms with Crippen LogP contribution in [0.1, 0.15) is 5.56 Å². The highest BCUT2D eigenvalue weighted by Gasteiger charge is 2.17. The Morgan fingerprint density at radius 2 is 1.56 bits per heavy atom. The van der Waals surface area contributed by atoms with Crippen LogP contribution in [0.15, 0.2) is 62.4 Å². The van der Waals surface area contributed by atoms with Gasteiger partial charge >= 0.3 is 17.1 Å². The Labute approximate surface area is 163 Å². The van der Waals surface area contributed by atoms with Crippen LogP contribution in [0.4, 0.5) is 5.69 Å². The molecule has 142 valence electrons. The van der Waals surface area contributed by atoms with Crippen LogP contribution in [-0.2, 0) is 24.4 Å². The number of aromatic nitrogens is 3. The number of amides is 1. The normalized spacial score (nSPS) is 10.4. The quantitative estimate of drug-likeness (QED) is 0.663. The van der Waals surface area contributed by atoms with Crippen molar-refractivity contribution in [2.45, 2.75) is 26.6 Å². The first-order valence-corrected chi connectivity index (χ1v) is 8.81. The monoisotopic (exact) mass is 434 g/mol. The fourth-order valence-electron chi connectivity index (χ4n) is 2.49. The molecule has 0 aliphatic heterocycles. The summed E-state index contributed by atoms with van der Waals surface area (Å²) in [5, 5.41) is 2.66. The van der Waals surface area contributed by atoms with Crippen molar-refractivity contribution in [2.24, 2.45) is 0 Å². The average molecular weight is 435 g/mol. The zero-order valence-electron chi connectivity index (χ0n) is 14.8. The number of rotatable bonds is 7. The van der Waals surface area contributed by atoms with Gasteiger partial charge in [-0.15, -0.1) is 13.2 Å². The molecule has 2 aromatic rings. The molecule has 0 saturated heterocycles. The summed E-state index contributed by atoms with van der Waals surface area (Å²) in [7, 11) is 0. The molecule has 8 nitrogen and oxygen atoms in total. The lowest BCUT2D eigenvalue weighted by Gasteiger charge is -2.13. The number of hydrogen-bond donors (Lipinski definition) is 1. The Morgan fingerprint density at radius 3 is 2.04 bits per heavy atom. The molecule has 1 N–H and O–H groups in total. The summed E-state index contributed by atoms with van der Waals surface area (Å²) in [6.07, 6.45) is 2.72. The van der Waals surface area contributed by atoms with Crippen molar-refractivity contribution >= 4 is 27.5 Å². The van der Waals surface area contributed by atoms with Gasteiger partial charge in [-0.3, -0.25) is 4.79 Å². The summed E-state index contributed by atoms with van der Waals surface area (Å²) in [4.78, 5) is 49.7. The van der Waals surface area contributed by atoms with Gasteiger partial charge in [0.2, 0.25) is 5.91 Å². The van der Waals surface area contributed by atoms with Crippen molar-refractivity contribution in [2.75, 3.05) is 5.32 Å². The van der Waals surface area contributed by atoms with Crippen molar-refractivity contribution in [1.29, 1.82) is 0 Å². The maximum Gasteiger partial charge on any atom is 0.337 e. The van der Waals surface area contributed by atoms with E-state index in [0.29, 0.717) is 5.69 Å². The highest BCUT2D eigenvalue weighted by atomic mass is 79.9. The molecule has 2 rings (SSSR count). The number of halogens is 1. The lowest BCUT2D eigenvalue weighted by Crippen LogP contribution is -2.55. The summed E-state index contributed by atoms with van der Waals surface area (Å²) in [6.45, 7) is 8.13. The van der Waals surface area contributed by atoms with E-state index in [4.69, 9.17) is 0 Å². The van der Waals surface area contributed by atoms with E-state index in [-0.39, 0.29) is 13.1 Å². The Morgan fingerprint density at radius 1 is 1.04 bits per heavy atom. The van der Waals surface area contributed by atoms with Crippen LogP contribution < -0.4 is 22.4 Å². The van der Waals surface area contributed by atoms with Crippen molar-refractivity contribution in [3.05, 3.63) is 85.0 Å². The van der Waals surface area contributed by atoms with Gasteiger partial charge in [0, 0.05) is 10.2 Å². The first kappa shape index (κ1) is 20.4. The second kappa shape index (κ2) is 8.63. The van der Waals surface area contributed by atoms with Gasteiger partial charge in [0.15, 0.2) is 0 Å². The fraction of sp³-hybridized carbons (Fsp3) is 0.222. The number of anilines is 1. The minimum atomic E-state index is -0.868. The minimum Gasteiger partial charge on any atom is -0.324 e. The SMILES string of the molecule is C=CCn1c(=O)n(CC=C)c(=O)n(CC(=O)Nc2ccc(Br)cc2C)c1=O. The lowest BCUT2D eigenvalue weighted by molar-refractivity contribution is -0.116. The van der Waals surface area contributed by atoms with Crippen LogP contribution in [-0.4, -0.2) is 19.6 Å². The van der Waals surface area contributed by atoms with Crippen LogP contribution in [0.2, 0.25) is 0 Å². The number of carbonyl (C=O) groups is 1. The summed E-state index contributed by atoms with van der Waals surface area (Å²) in [5.41, 5.74) is -1.14. The Kier molecular flexibility index (Phi) is 6.51. The van der Waals surface area contributed by atoms with Crippen molar-refractivity contribution < 1.29 is 4.79 Å². The molecule has 0 radical (unpaired) electrons. The number of nitrogens with one attached hydrogen (secondary N) is 1. The first-order valence-electron chi connectivity index (χ1n) is 8.02. The molecule has 0 fully saturated rings. The van der Waals surface area contributed by atoms with E-state index in [2.05, 4.69) is 34.4 Å². The van der Waals surface area contributed by atoms with E-state index in [1.54, 1.807) is 12.1 Å². The van der Waals surface area contributed by atoms with E-state index in [0.717, 1.165) is 23.7 Å². The van der Waals surface area contributed by atoms with E-state index in [9.17, 15) is 19.2 Å². The highest BCUT2D eigenvalue weighted by molar-refractivity contribution is 9.10. The average Bonchev–Trinajstić information content (AvgIpc) is 2.62. The third-order valence-corrected chi connectivity index (χ3v) is 4.27. The maximum atomic E-state index is 12.5. The summed E-state index contributed by atoms with van der Waals surface area (Å²) in [5.74, 6) is -0.562. The highest BCUT2D eigenvalue weighted by Crippen LogP contribution is 2.19. The fourth-order valence-corrected chi connectivity index (χ4v) is 2.96. The molecule has 0 bridgehead atoms. The van der Waals surface area contributed by atoms with Crippen LogP contribution in [0.5, 0.6) is 0 Å². The number of benzene rings is 1. The van der Waals surface area contributed by atoms with Gasteiger partial charge in [-0.05, 0) is 30.7 Å². The zero-order valence-corrected chi connectivity index (χ0v) is 16.4. The van der Waals surface area contributed by atoms with Gasteiger partial charge in [0.05, 0.1) is 13.1 Å². The molecule has 0 aliphatic rings. The third kappa shape index (κ3) is 4.43. The Hall–Kier alpha value is -2.94. The maximum absolute atomic E-state index is 12.5. The number of hydrogen-bond acceptors (Lipinski definition) is 4. The van der Waals surface area contributed by atoms with Crippen molar-refractivity contribution in [3.63, 3.8) is 0 Å². The second-order valence-electron chi connectivity index (χ2n) is 5.74. The largest absolute Gasteiger partial charge is 0.337 e. The molecular weight excluding hydrogens is 416 g/mol. The first-order chi connectivity index (χ1) is 12.8. The van der Waals surface area contributed by atoms with E-state index in [1.807, 2.05) is 13.0 Å². The third-order valence-electron chi connectivity index (χ3n) is 3.77. The van der Waals surface area contributed by atoms with Gasteiger partial charge < -0.3 is 5.32 Å². The molecular formula is C18H19BrN4O4. The minimum absolute atomic E-state index is 0.0808. The molecule has 0 spiro atoms. The molecule has 27 heavy (non-hydrogen) atoms. The number of aryl methyl sites for hydroxylation is 1. The van der Waals surface area contributed by atoms with Gasteiger partial charge in [-0.2, -0.15) is 0 Å². The van der Waals surface area contributed by atoms with Crippen LogP contribution in [0.25, 0.3) is 0 Å².